The summed E-state index contributed by atoms with van der Waals surface area (Å²) in [5.74, 6) is 0. The molecule has 0 saturated carbocycles. The molecular weight excluding hydrogens is 498 g/mol. The van der Waals surface area contributed by atoms with E-state index in [-0.39, 0.29) is 3.74 Å². The summed E-state index contributed by atoms with van der Waals surface area (Å²) in [5, 5.41) is 0. The Morgan fingerprint density at radius 2 is 1.62 bits per heavy atom. The molecule has 0 fully saturated rings. The van der Waals surface area contributed by atoms with Gasteiger partial charge in [0.05, 0.1) is 13.9 Å². The first kappa shape index (κ1) is 12.5. The van der Waals surface area contributed by atoms with E-state index in [9.17, 15) is 0 Å². The van der Waals surface area contributed by atoms with E-state index in [1.54, 1.807) is 0 Å². The molecule has 1 aromatic rings. The molecule has 2 N–H and O–H groups in total. The largest absolute Gasteiger partial charge is 0.397 e. The van der Waals surface area contributed by atoms with E-state index < -0.39 is 0 Å². The first-order valence-corrected chi connectivity index (χ1v) is 7.37. The zero-order valence-corrected chi connectivity index (χ0v) is 14.1. The summed E-state index contributed by atoms with van der Waals surface area (Å²) in [7, 11) is 0. The van der Waals surface area contributed by atoms with Gasteiger partial charge < -0.3 is 5.73 Å². The van der Waals surface area contributed by atoms with E-state index in [1.807, 2.05) is 6.07 Å². The molecule has 6 heteroatoms. The van der Waals surface area contributed by atoms with Crippen molar-refractivity contribution in [1.29, 1.82) is 0 Å². The quantitative estimate of drug-likeness (QED) is 0.314. The van der Waals surface area contributed by atoms with Crippen LogP contribution in [0, 0.1) is 0 Å². The van der Waals surface area contributed by atoms with Crippen molar-refractivity contribution >= 4 is 85.3 Å². The van der Waals surface area contributed by atoms with Crippen LogP contribution < -0.4 is 5.73 Å². The summed E-state index contributed by atoms with van der Waals surface area (Å²) in [6, 6.07) is 1.96. The highest BCUT2D eigenvalue weighted by molar-refractivity contribution is 9.24. The number of anilines is 1. The molecule has 0 heterocycles. The molecule has 1 nitrogen and oxygen atoms in total. The van der Waals surface area contributed by atoms with Gasteiger partial charge in [0.1, 0.15) is 0 Å². The van der Waals surface area contributed by atoms with Crippen LogP contribution >= 0.6 is 79.6 Å². The second-order valence-electron chi connectivity index (χ2n) is 2.29. The summed E-state index contributed by atoms with van der Waals surface area (Å²) in [5.41, 5.74) is 7.60. The standard InChI is InChI=1S/C7H4Br5N/c8-3-1-2(7(11)12)6(13)5(10)4(3)9/h1,7H,13H2. The molecule has 0 aliphatic heterocycles. The van der Waals surface area contributed by atoms with Gasteiger partial charge in [0.15, 0.2) is 0 Å². The second kappa shape index (κ2) is 4.96. The van der Waals surface area contributed by atoms with Crippen LogP contribution in [-0.4, -0.2) is 0 Å². The van der Waals surface area contributed by atoms with Gasteiger partial charge in [0, 0.05) is 14.5 Å². The van der Waals surface area contributed by atoms with E-state index in [0.717, 1.165) is 19.0 Å². The molecule has 0 unspecified atom stereocenters. The third-order valence-corrected chi connectivity index (χ3v) is 5.79. The maximum Gasteiger partial charge on any atom is 0.0967 e. The number of benzene rings is 1. The van der Waals surface area contributed by atoms with Crippen molar-refractivity contribution in [3.8, 4) is 0 Å². The van der Waals surface area contributed by atoms with Crippen LogP contribution in [0.3, 0.4) is 0 Å². The van der Waals surface area contributed by atoms with Crippen molar-refractivity contribution in [2.24, 2.45) is 0 Å². The first-order chi connectivity index (χ1) is 5.95. The SMILES string of the molecule is Nc1c(C(Br)Br)cc(Br)c(Br)c1Br. The van der Waals surface area contributed by atoms with Gasteiger partial charge in [-0.05, 0) is 53.9 Å². The van der Waals surface area contributed by atoms with Crippen LogP contribution in [0.25, 0.3) is 0 Å². The molecule has 0 radical (unpaired) electrons. The van der Waals surface area contributed by atoms with Gasteiger partial charge >= 0.3 is 0 Å². The monoisotopic (exact) mass is 497 g/mol. The number of hydrogen-bond donors (Lipinski definition) is 1. The fraction of sp³-hybridized carbons (Fsp3) is 0.143. The smallest absolute Gasteiger partial charge is 0.0967 e. The second-order valence-corrected chi connectivity index (χ2v) is 7.79. The topological polar surface area (TPSA) is 26.0 Å². The minimum atomic E-state index is 0.0562. The molecule has 0 aromatic heterocycles. The van der Waals surface area contributed by atoms with Crippen LogP contribution in [0.15, 0.2) is 19.5 Å². The van der Waals surface area contributed by atoms with Crippen molar-refractivity contribution in [1.82, 2.24) is 0 Å². The summed E-state index contributed by atoms with van der Waals surface area (Å²) >= 11 is 17.1. The summed E-state index contributed by atoms with van der Waals surface area (Å²) in [4.78, 5) is 0. The van der Waals surface area contributed by atoms with E-state index in [2.05, 4.69) is 79.6 Å². The van der Waals surface area contributed by atoms with E-state index in [4.69, 9.17) is 5.73 Å². The lowest BCUT2D eigenvalue weighted by molar-refractivity contribution is 1.37. The Morgan fingerprint density at radius 1 is 1.08 bits per heavy atom. The fourth-order valence-corrected chi connectivity index (χ4v) is 3.05. The van der Waals surface area contributed by atoms with Gasteiger partial charge in [-0.15, -0.1) is 0 Å². The fourth-order valence-electron chi connectivity index (χ4n) is 0.808. The lowest BCUT2D eigenvalue weighted by atomic mass is 10.2. The van der Waals surface area contributed by atoms with Crippen LogP contribution in [0.2, 0.25) is 0 Å². The van der Waals surface area contributed by atoms with Gasteiger partial charge in [-0.2, -0.15) is 0 Å². The average molecular weight is 502 g/mol. The Hall–Kier alpha value is 1.42. The highest BCUT2D eigenvalue weighted by Crippen LogP contribution is 2.43. The van der Waals surface area contributed by atoms with Crippen molar-refractivity contribution in [3.63, 3.8) is 0 Å². The van der Waals surface area contributed by atoms with Gasteiger partial charge in [-0.1, -0.05) is 31.9 Å². The minimum absolute atomic E-state index is 0.0562. The van der Waals surface area contributed by atoms with Crippen LogP contribution in [-0.2, 0) is 0 Å². The molecule has 0 atom stereocenters. The van der Waals surface area contributed by atoms with E-state index in [1.165, 1.54) is 0 Å². The Balaban J connectivity index is 3.41. The molecule has 0 aliphatic rings. The number of nitrogen functional groups attached to an aromatic ring is 1. The van der Waals surface area contributed by atoms with Crippen molar-refractivity contribution in [3.05, 3.63) is 25.0 Å². The van der Waals surface area contributed by atoms with E-state index >= 15 is 0 Å². The zero-order valence-electron chi connectivity index (χ0n) is 6.12. The predicted molar refractivity (Wildman–Crippen MR) is 74.5 cm³/mol. The van der Waals surface area contributed by atoms with Crippen molar-refractivity contribution in [2.45, 2.75) is 3.74 Å². The lowest BCUT2D eigenvalue weighted by Gasteiger charge is -2.11. The van der Waals surface area contributed by atoms with Crippen molar-refractivity contribution < 1.29 is 0 Å². The minimum Gasteiger partial charge on any atom is -0.397 e. The van der Waals surface area contributed by atoms with Crippen LogP contribution in [0.1, 0.15) is 9.30 Å². The summed E-state index contributed by atoms with van der Waals surface area (Å²) in [6.07, 6.45) is 0. The molecule has 1 aromatic carbocycles. The number of rotatable bonds is 1. The number of nitrogens with two attached hydrogens (primary N) is 1. The predicted octanol–water partition coefficient (Wildman–Crippen LogP) is 5.34. The van der Waals surface area contributed by atoms with Crippen LogP contribution in [0.4, 0.5) is 5.69 Å². The highest BCUT2D eigenvalue weighted by atomic mass is 79.9. The number of alkyl halides is 2. The maximum absolute atomic E-state index is 5.90. The molecule has 0 spiro atoms. The molecule has 0 amide bonds. The van der Waals surface area contributed by atoms with Gasteiger partial charge in [0.25, 0.3) is 0 Å². The number of halogens is 5. The first-order valence-electron chi connectivity index (χ1n) is 3.16. The Labute approximate surface area is 118 Å². The molecular formula is C7H4Br5N. The molecule has 72 valence electrons. The van der Waals surface area contributed by atoms with Gasteiger partial charge in [-0.25, -0.2) is 0 Å². The zero-order chi connectivity index (χ0) is 10.2. The normalized spacial score (nSPS) is 10.9. The van der Waals surface area contributed by atoms with Gasteiger partial charge in [-0.3, -0.25) is 0 Å². The molecule has 0 bridgehead atoms. The molecule has 0 aliphatic carbocycles. The molecule has 1 rings (SSSR count). The Bertz CT molecular complexity index is 336. The summed E-state index contributed by atoms with van der Waals surface area (Å²) < 4.78 is 2.81. The van der Waals surface area contributed by atoms with Crippen molar-refractivity contribution in [2.75, 3.05) is 5.73 Å². The summed E-state index contributed by atoms with van der Waals surface area (Å²) in [6.45, 7) is 0. The molecule has 0 saturated heterocycles. The average Bonchev–Trinajstić information content (AvgIpc) is 2.07. The van der Waals surface area contributed by atoms with E-state index in [0.29, 0.717) is 5.69 Å². The Kier molecular flexibility index (Phi) is 4.77. The van der Waals surface area contributed by atoms with Gasteiger partial charge in [0.2, 0.25) is 0 Å². The maximum atomic E-state index is 5.90. The lowest BCUT2D eigenvalue weighted by Crippen LogP contribution is -1.95. The molecule has 13 heavy (non-hydrogen) atoms. The number of hydrogen-bond acceptors (Lipinski definition) is 1. The third-order valence-electron chi connectivity index (χ3n) is 1.47. The highest BCUT2D eigenvalue weighted by Gasteiger charge is 2.14. The third kappa shape index (κ3) is 2.71. The van der Waals surface area contributed by atoms with Crippen LogP contribution in [0.5, 0.6) is 0 Å². The Morgan fingerprint density at radius 3 is 2.08 bits per heavy atom.